The maximum absolute atomic E-state index is 12.7. The SMILES string of the molecule is CCCCCC(N)(S)C1CC(NCc2ccc(-c3ccc(C(F)(F)F)cc3)cc2)C1. The lowest BCUT2D eigenvalue weighted by molar-refractivity contribution is -0.137. The Morgan fingerprint density at radius 2 is 1.53 bits per heavy atom. The Balaban J connectivity index is 1.46. The van der Waals surface area contributed by atoms with Gasteiger partial charge < -0.3 is 11.1 Å². The van der Waals surface area contributed by atoms with Gasteiger partial charge in [0.2, 0.25) is 0 Å². The molecule has 2 nitrogen and oxygen atoms in total. The van der Waals surface area contributed by atoms with Gasteiger partial charge in [-0.25, -0.2) is 0 Å². The second-order valence-corrected chi connectivity index (χ2v) is 9.30. The molecule has 2 aromatic rings. The highest BCUT2D eigenvalue weighted by atomic mass is 32.1. The van der Waals surface area contributed by atoms with E-state index in [1.54, 1.807) is 0 Å². The lowest BCUT2D eigenvalue weighted by atomic mass is 9.74. The van der Waals surface area contributed by atoms with Crippen molar-refractivity contribution < 1.29 is 13.2 Å². The number of hydrogen-bond donors (Lipinski definition) is 3. The average Bonchev–Trinajstić information content (AvgIpc) is 2.66. The molecule has 0 aliphatic heterocycles. The van der Waals surface area contributed by atoms with Gasteiger partial charge in [0.25, 0.3) is 0 Å². The van der Waals surface area contributed by atoms with Crippen molar-refractivity contribution in [3.8, 4) is 11.1 Å². The van der Waals surface area contributed by atoms with Crippen LogP contribution in [0.5, 0.6) is 0 Å². The molecule has 2 aromatic carbocycles. The number of alkyl halides is 3. The van der Waals surface area contributed by atoms with E-state index in [1.807, 2.05) is 24.3 Å². The highest BCUT2D eigenvalue weighted by molar-refractivity contribution is 7.81. The fourth-order valence-corrected chi connectivity index (χ4v) is 4.35. The van der Waals surface area contributed by atoms with Gasteiger partial charge in [-0.05, 0) is 54.0 Å². The van der Waals surface area contributed by atoms with Crippen LogP contribution in [0.3, 0.4) is 0 Å². The van der Waals surface area contributed by atoms with E-state index in [4.69, 9.17) is 18.4 Å². The Bertz CT molecular complexity index is 795. The number of halogens is 3. The lowest BCUT2D eigenvalue weighted by Crippen LogP contribution is -2.53. The minimum Gasteiger partial charge on any atom is -0.317 e. The smallest absolute Gasteiger partial charge is 0.317 e. The molecule has 1 aliphatic rings. The predicted molar refractivity (Wildman–Crippen MR) is 120 cm³/mol. The molecule has 1 fully saturated rings. The number of hydrogen-bond acceptors (Lipinski definition) is 3. The summed E-state index contributed by atoms with van der Waals surface area (Å²) in [7, 11) is 0. The van der Waals surface area contributed by atoms with Gasteiger partial charge in [-0.2, -0.15) is 25.8 Å². The lowest BCUT2D eigenvalue weighted by Gasteiger charge is -2.45. The molecule has 3 N–H and O–H groups in total. The number of rotatable bonds is 9. The molecule has 0 amide bonds. The third kappa shape index (κ3) is 6.02. The van der Waals surface area contributed by atoms with E-state index < -0.39 is 11.7 Å². The first-order valence-corrected chi connectivity index (χ1v) is 11.1. The molecule has 0 spiro atoms. The van der Waals surface area contributed by atoms with Crippen molar-refractivity contribution in [3.63, 3.8) is 0 Å². The molecule has 1 aliphatic carbocycles. The second kappa shape index (κ2) is 9.75. The third-order valence-electron chi connectivity index (χ3n) is 6.12. The molecule has 1 atom stereocenters. The molecule has 0 aromatic heterocycles. The van der Waals surface area contributed by atoms with Crippen molar-refractivity contribution in [1.29, 1.82) is 0 Å². The summed E-state index contributed by atoms with van der Waals surface area (Å²) in [6.07, 6.45) is 2.29. The molecular weight excluding hydrogens is 405 g/mol. The zero-order valence-electron chi connectivity index (χ0n) is 17.4. The number of unbranched alkanes of at least 4 members (excludes halogenated alkanes) is 2. The van der Waals surface area contributed by atoms with Crippen molar-refractivity contribution >= 4 is 12.6 Å². The van der Waals surface area contributed by atoms with Crippen molar-refractivity contribution in [2.24, 2.45) is 11.7 Å². The fraction of sp³-hybridized carbons (Fsp3) is 0.500. The quantitative estimate of drug-likeness (QED) is 0.242. The van der Waals surface area contributed by atoms with Crippen LogP contribution in [0.1, 0.15) is 56.6 Å². The zero-order chi connectivity index (χ0) is 21.8. The van der Waals surface area contributed by atoms with Gasteiger partial charge in [0.05, 0.1) is 10.4 Å². The summed E-state index contributed by atoms with van der Waals surface area (Å²) in [6.45, 7) is 2.96. The first kappa shape index (κ1) is 23.2. The van der Waals surface area contributed by atoms with Crippen LogP contribution < -0.4 is 11.1 Å². The molecule has 6 heteroatoms. The van der Waals surface area contributed by atoms with E-state index in [1.165, 1.54) is 25.0 Å². The van der Waals surface area contributed by atoms with E-state index in [0.29, 0.717) is 12.0 Å². The molecule has 0 saturated heterocycles. The molecule has 164 valence electrons. The van der Waals surface area contributed by atoms with Crippen molar-refractivity contribution in [2.45, 2.75) is 69.1 Å². The van der Waals surface area contributed by atoms with E-state index in [-0.39, 0.29) is 4.87 Å². The zero-order valence-corrected chi connectivity index (χ0v) is 18.3. The van der Waals surface area contributed by atoms with Crippen LogP contribution in [0, 0.1) is 5.92 Å². The predicted octanol–water partition coefficient (Wildman–Crippen LogP) is 6.41. The van der Waals surface area contributed by atoms with Gasteiger partial charge in [0.1, 0.15) is 0 Å². The second-order valence-electron chi connectivity index (χ2n) is 8.47. The summed E-state index contributed by atoms with van der Waals surface area (Å²) in [5.74, 6) is 0.456. The Hall–Kier alpha value is -1.50. The Labute approximate surface area is 182 Å². The minimum absolute atomic E-state index is 0.364. The topological polar surface area (TPSA) is 38.0 Å². The molecule has 3 rings (SSSR count). The Morgan fingerprint density at radius 3 is 2.07 bits per heavy atom. The average molecular weight is 437 g/mol. The van der Waals surface area contributed by atoms with E-state index in [2.05, 4.69) is 12.2 Å². The third-order valence-corrected chi connectivity index (χ3v) is 6.71. The van der Waals surface area contributed by atoms with Crippen LogP contribution >= 0.6 is 12.6 Å². The Morgan fingerprint density at radius 1 is 0.967 bits per heavy atom. The summed E-state index contributed by atoms with van der Waals surface area (Å²) in [4.78, 5) is -0.364. The van der Waals surface area contributed by atoms with E-state index in [0.717, 1.165) is 61.1 Å². The van der Waals surface area contributed by atoms with Crippen LogP contribution in [0.15, 0.2) is 48.5 Å². The molecular formula is C24H31F3N2S. The van der Waals surface area contributed by atoms with Crippen molar-refractivity contribution in [3.05, 3.63) is 59.7 Å². The van der Waals surface area contributed by atoms with Gasteiger partial charge >= 0.3 is 6.18 Å². The van der Waals surface area contributed by atoms with Crippen molar-refractivity contribution in [2.75, 3.05) is 0 Å². The van der Waals surface area contributed by atoms with Gasteiger partial charge in [-0.15, -0.1) is 0 Å². The van der Waals surface area contributed by atoms with Crippen molar-refractivity contribution in [1.82, 2.24) is 5.32 Å². The summed E-state index contributed by atoms with van der Waals surface area (Å²) in [5.41, 5.74) is 8.63. The largest absolute Gasteiger partial charge is 0.416 e. The summed E-state index contributed by atoms with van der Waals surface area (Å²) >= 11 is 4.72. The highest BCUT2D eigenvalue weighted by Gasteiger charge is 2.40. The highest BCUT2D eigenvalue weighted by Crippen LogP contribution is 2.40. The maximum Gasteiger partial charge on any atom is 0.416 e. The maximum atomic E-state index is 12.7. The summed E-state index contributed by atoms with van der Waals surface area (Å²) < 4.78 is 38.1. The number of nitrogens with two attached hydrogens (primary N) is 1. The standard InChI is InChI=1S/C24H31F3N2S/c1-2-3-4-13-23(28,30)21-14-22(15-21)29-16-17-5-7-18(8-6-17)19-9-11-20(12-10-19)24(25,26)27/h5-12,21-22,29-30H,2-4,13-16,28H2,1H3. The fourth-order valence-electron chi connectivity index (χ4n) is 3.98. The first-order valence-electron chi connectivity index (χ1n) is 10.7. The van der Waals surface area contributed by atoms with Gasteiger partial charge in [0.15, 0.2) is 0 Å². The molecule has 1 unspecified atom stereocenters. The molecule has 0 radical (unpaired) electrons. The number of benzene rings is 2. The van der Waals surface area contributed by atoms with Gasteiger partial charge in [-0.3, -0.25) is 0 Å². The van der Waals surface area contributed by atoms with Crippen LogP contribution in [0.2, 0.25) is 0 Å². The van der Waals surface area contributed by atoms with E-state index in [9.17, 15) is 13.2 Å². The van der Waals surface area contributed by atoms with Gasteiger partial charge in [0, 0.05) is 12.6 Å². The van der Waals surface area contributed by atoms with Crippen LogP contribution in [0.25, 0.3) is 11.1 Å². The summed E-state index contributed by atoms with van der Waals surface area (Å²) in [6, 6.07) is 13.7. The van der Waals surface area contributed by atoms with Crippen LogP contribution in [-0.4, -0.2) is 10.9 Å². The number of thiol groups is 1. The van der Waals surface area contributed by atoms with Gasteiger partial charge in [-0.1, -0.05) is 62.6 Å². The first-order chi connectivity index (χ1) is 14.2. The summed E-state index contributed by atoms with van der Waals surface area (Å²) in [5, 5.41) is 3.57. The van der Waals surface area contributed by atoms with Crippen LogP contribution in [0.4, 0.5) is 13.2 Å². The van der Waals surface area contributed by atoms with E-state index >= 15 is 0 Å². The molecule has 0 heterocycles. The molecule has 30 heavy (non-hydrogen) atoms. The normalized spacial score (nSPS) is 21.1. The molecule has 1 saturated carbocycles. The molecule has 0 bridgehead atoms. The number of nitrogens with one attached hydrogen (secondary N) is 1. The monoisotopic (exact) mass is 436 g/mol. The minimum atomic E-state index is -4.30. The Kier molecular flexibility index (Phi) is 7.53. The van der Waals surface area contributed by atoms with Crippen LogP contribution in [-0.2, 0) is 12.7 Å².